The van der Waals surface area contributed by atoms with Crippen molar-refractivity contribution in [3.8, 4) is 0 Å². The first-order chi connectivity index (χ1) is 16.0. The third-order valence-electron chi connectivity index (χ3n) is 6.75. The molecule has 0 spiro atoms. The van der Waals surface area contributed by atoms with E-state index in [-0.39, 0.29) is 34.3 Å². The monoisotopic (exact) mass is 434 g/mol. The summed E-state index contributed by atoms with van der Waals surface area (Å²) in [7, 11) is 0. The van der Waals surface area contributed by atoms with E-state index >= 15 is 0 Å². The number of rotatable bonds is 3. The van der Waals surface area contributed by atoms with E-state index in [2.05, 4.69) is 0 Å². The van der Waals surface area contributed by atoms with Gasteiger partial charge in [-0.25, -0.2) is 0 Å². The van der Waals surface area contributed by atoms with Crippen LogP contribution in [0.2, 0.25) is 0 Å². The number of allylic oxidation sites excluding steroid dienone is 8. The molecule has 2 aromatic rings. The lowest BCUT2D eigenvalue weighted by atomic mass is 9.86. The Labute approximate surface area is 192 Å². The molecule has 0 bridgehead atoms. The van der Waals surface area contributed by atoms with Crippen molar-refractivity contribution >= 4 is 23.1 Å². The Morgan fingerprint density at radius 1 is 0.667 bits per heavy atom. The molecule has 3 aliphatic rings. The third kappa shape index (κ3) is 3.48. The van der Waals surface area contributed by atoms with Gasteiger partial charge in [0, 0.05) is 22.3 Å². The van der Waals surface area contributed by atoms with Crippen LogP contribution in [0.1, 0.15) is 74.0 Å². The van der Waals surface area contributed by atoms with Gasteiger partial charge in [0.25, 0.3) is 0 Å². The second kappa shape index (κ2) is 8.21. The van der Waals surface area contributed by atoms with Crippen molar-refractivity contribution in [2.75, 3.05) is 0 Å². The van der Waals surface area contributed by atoms with Crippen molar-refractivity contribution in [2.45, 2.75) is 32.6 Å². The van der Waals surface area contributed by atoms with Crippen molar-refractivity contribution in [3.05, 3.63) is 117 Å². The maximum Gasteiger partial charge on any atom is 0.197 e. The number of hydrogen-bond acceptors (Lipinski definition) is 4. The molecule has 0 fully saturated rings. The third-order valence-corrected chi connectivity index (χ3v) is 6.75. The Morgan fingerprint density at radius 3 is 1.67 bits per heavy atom. The molecule has 0 radical (unpaired) electrons. The summed E-state index contributed by atoms with van der Waals surface area (Å²) in [5.74, 6) is -0.869. The largest absolute Gasteiger partial charge is 0.288 e. The molecule has 4 nitrogen and oxygen atoms in total. The average Bonchev–Trinajstić information content (AvgIpc) is 3.23. The molecule has 0 N–H and O–H groups in total. The first-order valence-electron chi connectivity index (χ1n) is 11.1. The number of ketones is 4. The minimum Gasteiger partial charge on any atom is -0.288 e. The van der Waals surface area contributed by atoms with Crippen LogP contribution in [0.15, 0.2) is 94.6 Å². The molecule has 0 amide bonds. The fourth-order valence-corrected chi connectivity index (χ4v) is 4.85. The van der Waals surface area contributed by atoms with E-state index in [9.17, 15) is 19.2 Å². The Morgan fingerprint density at radius 2 is 1.15 bits per heavy atom. The standard InChI is InChI=1S/C29H22O4/c1-17-18(13-15-24-26(30)20-9-2-3-10-21(20)27(24)31)7-6-8-19(17)14-16-25-28(32)22-11-4-5-12-23(22)29(25)33/h2-5,9-13,15-16H,6-8,14H2,1H3. The zero-order valence-electron chi connectivity index (χ0n) is 18.3. The van der Waals surface area contributed by atoms with Crippen LogP contribution in [0.5, 0.6) is 0 Å². The van der Waals surface area contributed by atoms with Gasteiger partial charge in [0.2, 0.25) is 0 Å². The van der Waals surface area contributed by atoms with Crippen LogP contribution >= 0.6 is 0 Å². The van der Waals surface area contributed by atoms with Gasteiger partial charge in [-0.1, -0.05) is 66.3 Å². The van der Waals surface area contributed by atoms with Crippen LogP contribution in [0.4, 0.5) is 0 Å². The zero-order chi connectivity index (χ0) is 23.1. The van der Waals surface area contributed by atoms with Crippen molar-refractivity contribution in [1.29, 1.82) is 0 Å². The molecule has 162 valence electrons. The topological polar surface area (TPSA) is 68.3 Å². The van der Waals surface area contributed by atoms with Gasteiger partial charge in [-0.2, -0.15) is 0 Å². The van der Waals surface area contributed by atoms with Crippen LogP contribution in [0.25, 0.3) is 0 Å². The maximum absolute atomic E-state index is 12.6. The quantitative estimate of drug-likeness (QED) is 0.451. The predicted octanol–water partition coefficient (Wildman–Crippen LogP) is 5.81. The van der Waals surface area contributed by atoms with E-state index in [0.717, 1.165) is 30.4 Å². The van der Waals surface area contributed by atoms with Crippen molar-refractivity contribution in [1.82, 2.24) is 0 Å². The number of carbonyl (C=O) groups excluding carboxylic acids is 4. The molecule has 0 aromatic heterocycles. The molecule has 33 heavy (non-hydrogen) atoms. The summed E-state index contributed by atoms with van der Waals surface area (Å²) in [6.07, 6.45) is 8.49. The van der Waals surface area contributed by atoms with E-state index in [1.165, 1.54) is 5.57 Å². The lowest BCUT2D eigenvalue weighted by Gasteiger charge is -2.20. The van der Waals surface area contributed by atoms with E-state index in [1.54, 1.807) is 60.7 Å². The molecule has 0 heterocycles. The molecule has 4 heteroatoms. The van der Waals surface area contributed by atoms with Gasteiger partial charge < -0.3 is 0 Å². The van der Waals surface area contributed by atoms with Gasteiger partial charge >= 0.3 is 0 Å². The summed E-state index contributed by atoms with van der Waals surface area (Å²) in [6.45, 7) is 2.03. The first kappa shape index (κ1) is 21.0. The fraction of sp³-hybridized carbons (Fsp3) is 0.172. The molecule has 3 aliphatic carbocycles. The van der Waals surface area contributed by atoms with Crippen LogP contribution in [0, 0.1) is 0 Å². The minimum atomic E-state index is -0.229. The SMILES string of the molecule is CC1=C(CC=C2C(=O)c3ccccc3C2=O)CCCC1=CC=C1C(=O)c2ccccc2C1=O. The van der Waals surface area contributed by atoms with E-state index < -0.39 is 0 Å². The summed E-state index contributed by atoms with van der Waals surface area (Å²) in [4.78, 5) is 50.5. The highest BCUT2D eigenvalue weighted by Gasteiger charge is 2.33. The molecule has 2 aromatic carbocycles. The van der Waals surface area contributed by atoms with E-state index in [1.807, 2.05) is 13.0 Å². The van der Waals surface area contributed by atoms with Crippen LogP contribution in [0.3, 0.4) is 0 Å². The molecule has 0 unspecified atom stereocenters. The molecule has 5 rings (SSSR count). The second-order valence-electron chi connectivity index (χ2n) is 8.58. The average molecular weight is 434 g/mol. The molecular formula is C29H22O4. The van der Waals surface area contributed by atoms with Gasteiger partial charge in [-0.05, 0) is 49.8 Å². The highest BCUT2D eigenvalue weighted by Crippen LogP contribution is 2.34. The van der Waals surface area contributed by atoms with Crippen LogP contribution < -0.4 is 0 Å². The number of carbonyl (C=O) groups is 4. The summed E-state index contributed by atoms with van der Waals surface area (Å²) in [5, 5.41) is 0. The summed E-state index contributed by atoms with van der Waals surface area (Å²) in [6, 6.07) is 13.8. The normalized spacial score (nSPS) is 18.9. The molecule has 0 saturated carbocycles. The zero-order valence-corrected chi connectivity index (χ0v) is 18.3. The molecular weight excluding hydrogens is 412 g/mol. The predicted molar refractivity (Wildman–Crippen MR) is 126 cm³/mol. The smallest absolute Gasteiger partial charge is 0.197 e. The minimum absolute atomic E-state index is 0.200. The molecule has 0 aliphatic heterocycles. The Balaban J connectivity index is 1.40. The van der Waals surface area contributed by atoms with Crippen LogP contribution in [-0.2, 0) is 0 Å². The summed E-state index contributed by atoms with van der Waals surface area (Å²) in [5.41, 5.74) is 5.66. The highest BCUT2D eigenvalue weighted by atomic mass is 16.2. The van der Waals surface area contributed by atoms with Gasteiger partial charge in [-0.15, -0.1) is 0 Å². The first-order valence-corrected chi connectivity index (χ1v) is 11.1. The highest BCUT2D eigenvalue weighted by molar-refractivity contribution is 6.40. The lowest BCUT2D eigenvalue weighted by molar-refractivity contribution is 0.0973. The van der Waals surface area contributed by atoms with Crippen molar-refractivity contribution < 1.29 is 19.2 Å². The Kier molecular flexibility index (Phi) is 5.21. The van der Waals surface area contributed by atoms with Gasteiger partial charge in [0.1, 0.15) is 0 Å². The van der Waals surface area contributed by atoms with Gasteiger partial charge in [0.05, 0.1) is 11.1 Å². The summed E-state index contributed by atoms with van der Waals surface area (Å²) < 4.78 is 0. The van der Waals surface area contributed by atoms with E-state index in [4.69, 9.17) is 0 Å². The number of Topliss-reactive ketones (excluding diaryl/α,β-unsaturated/α-hetero) is 4. The lowest BCUT2D eigenvalue weighted by Crippen LogP contribution is -2.04. The van der Waals surface area contributed by atoms with Crippen LogP contribution in [-0.4, -0.2) is 23.1 Å². The maximum atomic E-state index is 12.6. The van der Waals surface area contributed by atoms with Crippen molar-refractivity contribution in [2.24, 2.45) is 0 Å². The van der Waals surface area contributed by atoms with E-state index in [0.29, 0.717) is 28.7 Å². The fourth-order valence-electron chi connectivity index (χ4n) is 4.85. The Hall–Kier alpha value is -3.92. The van der Waals surface area contributed by atoms with Gasteiger partial charge in [0.15, 0.2) is 23.1 Å². The van der Waals surface area contributed by atoms with Gasteiger partial charge in [-0.3, -0.25) is 19.2 Å². The number of fused-ring (bicyclic) bond motifs is 2. The molecule has 0 atom stereocenters. The number of hydrogen-bond donors (Lipinski definition) is 0. The molecule has 0 saturated heterocycles. The summed E-state index contributed by atoms with van der Waals surface area (Å²) >= 11 is 0. The second-order valence-corrected chi connectivity index (χ2v) is 8.58. The van der Waals surface area contributed by atoms with Crippen molar-refractivity contribution in [3.63, 3.8) is 0 Å². The number of benzene rings is 2. The Bertz CT molecular complexity index is 1300.